The highest BCUT2D eigenvalue weighted by Crippen LogP contribution is 2.40. The van der Waals surface area contributed by atoms with Gasteiger partial charge in [-0.3, -0.25) is 4.79 Å². The Kier molecular flexibility index (Phi) is 4.18. The Hall–Kier alpha value is -2.77. The van der Waals surface area contributed by atoms with Crippen molar-refractivity contribution in [3.8, 4) is 5.69 Å². The molecule has 0 spiro atoms. The maximum Gasteiger partial charge on any atom is 0.326 e. The third kappa shape index (κ3) is 2.85. The summed E-state index contributed by atoms with van der Waals surface area (Å²) >= 11 is 0. The van der Waals surface area contributed by atoms with Crippen LogP contribution in [0.25, 0.3) is 5.69 Å². The molecule has 1 amide bonds. The highest BCUT2D eigenvalue weighted by atomic mass is 19.1. The summed E-state index contributed by atoms with van der Waals surface area (Å²) in [4.78, 5) is 26.2. The Morgan fingerprint density at radius 3 is 2.62 bits per heavy atom. The van der Waals surface area contributed by atoms with Crippen molar-refractivity contribution in [1.82, 2.24) is 19.9 Å². The minimum absolute atomic E-state index is 0.0479. The summed E-state index contributed by atoms with van der Waals surface area (Å²) in [7, 11) is 0. The summed E-state index contributed by atoms with van der Waals surface area (Å²) in [6.45, 7) is 0. The molecular weight excluding hydrogens is 339 g/mol. The molecule has 2 aliphatic rings. The average molecular weight is 358 g/mol. The highest BCUT2D eigenvalue weighted by Gasteiger charge is 2.48. The molecule has 3 atom stereocenters. The summed E-state index contributed by atoms with van der Waals surface area (Å²) < 4.78 is 14.4. The minimum atomic E-state index is -0.973. The largest absolute Gasteiger partial charge is 0.480 e. The molecule has 0 unspecified atom stereocenters. The topological polar surface area (TPSA) is 88.3 Å². The third-order valence-electron chi connectivity index (χ3n) is 5.41. The summed E-state index contributed by atoms with van der Waals surface area (Å²) in [5, 5.41) is 17.4. The van der Waals surface area contributed by atoms with Crippen molar-refractivity contribution in [2.24, 2.45) is 5.92 Å². The van der Waals surface area contributed by atoms with Gasteiger partial charge in [-0.05, 0) is 49.4 Å². The zero-order valence-electron chi connectivity index (χ0n) is 14.1. The molecule has 2 heterocycles. The van der Waals surface area contributed by atoms with Crippen LogP contribution in [0.2, 0.25) is 0 Å². The quantitative estimate of drug-likeness (QED) is 0.909. The number of halogens is 1. The Morgan fingerprint density at radius 1 is 1.15 bits per heavy atom. The van der Waals surface area contributed by atoms with Crippen molar-refractivity contribution in [3.63, 3.8) is 0 Å². The van der Waals surface area contributed by atoms with Crippen molar-refractivity contribution < 1.29 is 19.1 Å². The van der Waals surface area contributed by atoms with E-state index in [0.29, 0.717) is 12.1 Å². The van der Waals surface area contributed by atoms with Crippen molar-refractivity contribution in [2.45, 2.75) is 44.2 Å². The number of aliphatic carboxylic acids is 1. The van der Waals surface area contributed by atoms with Gasteiger partial charge in [0.15, 0.2) is 5.69 Å². The van der Waals surface area contributed by atoms with Crippen LogP contribution < -0.4 is 0 Å². The lowest BCUT2D eigenvalue weighted by atomic mass is 9.84. The second-order valence-corrected chi connectivity index (χ2v) is 6.94. The van der Waals surface area contributed by atoms with Gasteiger partial charge < -0.3 is 10.0 Å². The van der Waals surface area contributed by atoms with Gasteiger partial charge in [0, 0.05) is 6.04 Å². The summed E-state index contributed by atoms with van der Waals surface area (Å²) in [6.07, 6.45) is 5.82. The predicted octanol–water partition coefficient (Wildman–Crippen LogP) is 2.26. The van der Waals surface area contributed by atoms with Crippen LogP contribution in [-0.4, -0.2) is 49.0 Å². The van der Waals surface area contributed by atoms with Crippen LogP contribution in [0.3, 0.4) is 0 Å². The fraction of sp³-hybridized carbons (Fsp3) is 0.444. The number of nitrogens with zero attached hydrogens (tertiary/aromatic N) is 4. The smallest absolute Gasteiger partial charge is 0.326 e. The van der Waals surface area contributed by atoms with Crippen LogP contribution in [0, 0.1) is 11.7 Å². The van der Waals surface area contributed by atoms with E-state index >= 15 is 0 Å². The van der Waals surface area contributed by atoms with Crippen molar-refractivity contribution in [2.75, 3.05) is 0 Å². The van der Waals surface area contributed by atoms with Crippen LogP contribution in [-0.2, 0) is 4.79 Å². The molecule has 26 heavy (non-hydrogen) atoms. The van der Waals surface area contributed by atoms with E-state index < -0.39 is 17.9 Å². The van der Waals surface area contributed by atoms with Gasteiger partial charge in [-0.2, -0.15) is 0 Å². The zero-order valence-corrected chi connectivity index (χ0v) is 14.1. The van der Waals surface area contributed by atoms with E-state index in [-0.39, 0.29) is 23.5 Å². The van der Waals surface area contributed by atoms with E-state index in [1.54, 1.807) is 0 Å². The molecule has 1 saturated heterocycles. The first-order valence-electron chi connectivity index (χ1n) is 8.78. The Bertz CT molecular complexity index is 835. The molecule has 4 rings (SSSR count). The highest BCUT2D eigenvalue weighted by molar-refractivity contribution is 5.95. The second-order valence-electron chi connectivity index (χ2n) is 6.94. The first-order valence-corrected chi connectivity index (χ1v) is 8.78. The van der Waals surface area contributed by atoms with E-state index in [0.717, 1.165) is 25.7 Å². The van der Waals surface area contributed by atoms with Crippen LogP contribution in [0.15, 0.2) is 30.5 Å². The number of carbonyl (C=O) groups is 2. The zero-order chi connectivity index (χ0) is 18.3. The Labute approximate surface area is 149 Å². The number of carboxylic acid groups (broad SMARTS) is 1. The Morgan fingerprint density at radius 2 is 1.88 bits per heavy atom. The first kappa shape index (κ1) is 16.7. The van der Waals surface area contributed by atoms with Crippen molar-refractivity contribution in [1.29, 1.82) is 0 Å². The molecule has 7 nitrogen and oxygen atoms in total. The lowest BCUT2D eigenvalue weighted by molar-refractivity contribution is -0.141. The SMILES string of the molecule is O=C(O)[C@@H]1C[C@@H]2CCCC[C@@H]2N1C(=O)c1cn(-c2ccc(F)cc2)nn1. The van der Waals surface area contributed by atoms with Gasteiger partial charge in [0.25, 0.3) is 5.91 Å². The molecule has 1 aromatic carbocycles. The minimum Gasteiger partial charge on any atom is -0.480 e. The molecule has 2 aromatic rings. The van der Waals surface area contributed by atoms with E-state index in [4.69, 9.17) is 0 Å². The van der Waals surface area contributed by atoms with Crippen molar-refractivity contribution >= 4 is 11.9 Å². The van der Waals surface area contributed by atoms with Gasteiger partial charge in [0.05, 0.1) is 11.9 Å². The molecule has 1 aliphatic carbocycles. The van der Waals surface area contributed by atoms with Crippen LogP contribution in [0.5, 0.6) is 0 Å². The lowest BCUT2D eigenvalue weighted by Gasteiger charge is -2.32. The van der Waals surface area contributed by atoms with Gasteiger partial charge in [-0.25, -0.2) is 13.9 Å². The molecule has 0 radical (unpaired) electrons. The first-order chi connectivity index (χ1) is 12.5. The van der Waals surface area contributed by atoms with Gasteiger partial charge >= 0.3 is 5.97 Å². The Balaban J connectivity index is 1.61. The number of hydrogen-bond donors (Lipinski definition) is 1. The fourth-order valence-corrected chi connectivity index (χ4v) is 4.19. The number of aromatic nitrogens is 3. The maximum absolute atomic E-state index is 13.1. The molecular formula is C18H19FN4O3. The van der Waals surface area contributed by atoms with Gasteiger partial charge in [-0.15, -0.1) is 5.10 Å². The number of hydrogen-bond acceptors (Lipinski definition) is 4. The number of benzene rings is 1. The number of likely N-dealkylation sites (tertiary alicyclic amines) is 1. The summed E-state index contributed by atoms with van der Waals surface area (Å²) in [6, 6.07) is 4.80. The average Bonchev–Trinajstić information content (AvgIpc) is 3.27. The number of carboxylic acids is 1. The normalized spacial score (nSPS) is 25.1. The summed E-state index contributed by atoms with van der Waals surface area (Å²) in [5.41, 5.74) is 0.677. The molecule has 1 aromatic heterocycles. The van der Waals surface area contributed by atoms with E-state index in [1.807, 2.05) is 0 Å². The van der Waals surface area contributed by atoms with Crippen LogP contribution in [0.1, 0.15) is 42.6 Å². The van der Waals surface area contributed by atoms with Gasteiger partial charge in [-0.1, -0.05) is 18.1 Å². The van der Waals surface area contributed by atoms with Crippen LogP contribution in [0.4, 0.5) is 4.39 Å². The van der Waals surface area contributed by atoms with E-state index in [2.05, 4.69) is 10.3 Å². The number of fused-ring (bicyclic) bond motifs is 1. The van der Waals surface area contributed by atoms with Crippen molar-refractivity contribution in [3.05, 3.63) is 42.0 Å². The molecule has 1 N–H and O–H groups in total. The standard InChI is InChI=1S/C18H19FN4O3/c19-12-5-7-13(8-6-12)22-10-14(20-21-22)17(24)23-15-4-2-1-3-11(15)9-16(23)18(25)26/h5-8,10-11,15-16H,1-4,9H2,(H,25,26)/t11-,15-,16-/m0/s1. The van der Waals surface area contributed by atoms with Crippen LogP contribution >= 0.6 is 0 Å². The third-order valence-corrected chi connectivity index (χ3v) is 5.41. The van der Waals surface area contributed by atoms with E-state index in [1.165, 1.54) is 40.0 Å². The fourth-order valence-electron chi connectivity index (χ4n) is 4.19. The molecule has 1 saturated carbocycles. The van der Waals surface area contributed by atoms with Gasteiger partial charge in [0.2, 0.25) is 0 Å². The number of carbonyl (C=O) groups excluding carboxylic acids is 1. The molecule has 1 aliphatic heterocycles. The van der Waals surface area contributed by atoms with E-state index in [9.17, 15) is 19.1 Å². The molecule has 2 fully saturated rings. The van der Waals surface area contributed by atoms with Gasteiger partial charge in [0.1, 0.15) is 11.9 Å². The summed E-state index contributed by atoms with van der Waals surface area (Å²) in [5.74, 6) is -1.50. The molecule has 8 heteroatoms. The molecule has 0 bridgehead atoms. The monoisotopic (exact) mass is 358 g/mol. The lowest BCUT2D eigenvalue weighted by Crippen LogP contribution is -2.46. The predicted molar refractivity (Wildman–Crippen MR) is 89.3 cm³/mol. The number of amides is 1. The second kappa shape index (κ2) is 6.51. The number of rotatable bonds is 3. The molecule has 136 valence electrons. The maximum atomic E-state index is 13.1.